The van der Waals surface area contributed by atoms with E-state index in [1.54, 1.807) is 0 Å². The first-order valence-electron chi connectivity index (χ1n) is 20.3. The lowest BCUT2D eigenvalue weighted by atomic mass is 9.81. The van der Waals surface area contributed by atoms with Crippen LogP contribution < -0.4 is 5.32 Å². The molecule has 1 aliphatic rings. The molecule has 0 amide bonds. The fraction of sp³-hybridized carbons (Fsp3) is 0.107. The summed E-state index contributed by atoms with van der Waals surface area (Å²) in [6, 6.07) is 73.7. The predicted octanol–water partition coefficient (Wildman–Crippen LogP) is 15.1. The van der Waals surface area contributed by atoms with E-state index in [0.717, 1.165) is 24.2 Å². The van der Waals surface area contributed by atoms with Crippen LogP contribution in [0.3, 0.4) is 0 Å². The first-order chi connectivity index (χ1) is 28.0. The molecule has 0 heterocycles. The van der Waals surface area contributed by atoms with Gasteiger partial charge >= 0.3 is 0 Å². The number of fused-ring (bicyclic) bond motifs is 6. The minimum atomic E-state index is -0.121. The standard InChI is InChI=1S/C56H45N/c1-56(2)53-35-38(22-33-50(53)51-34-31-46(37-54(51)56)57-55-36-45-17-9-10-18-48(45)49-19-11-12-20-52(49)55)21-32-47(43-27-23-41(24-28-43)39-13-5-3-6-14-39)44-29-25-42(26-30-44)40-15-7-4-8-16-40/h3-20,22-31,33-37,47,57H,21,32H2,1-2H3. The highest BCUT2D eigenvalue weighted by atomic mass is 14.9. The number of hydrogen-bond donors (Lipinski definition) is 1. The van der Waals surface area contributed by atoms with Gasteiger partial charge in [0.1, 0.15) is 0 Å². The molecule has 274 valence electrons. The van der Waals surface area contributed by atoms with Gasteiger partial charge in [-0.1, -0.05) is 196 Å². The fourth-order valence-electron chi connectivity index (χ4n) is 9.24. The molecule has 0 aromatic heterocycles. The summed E-state index contributed by atoms with van der Waals surface area (Å²) in [5.74, 6) is 0.276. The van der Waals surface area contributed by atoms with Crippen molar-refractivity contribution < 1.29 is 0 Å². The highest BCUT2D eigenvalue weighted by Gasteiger charge is 2.36. The van der Waals surface area contributed by atoms with E-state index >= 15 is 0 Å². The molecule has 9 aromatic carbocycles. The Hall–Kier alpha value is -6.70. The van der Waals surface area contributed by atoms with Crippen LogP contribution in [0.5, 0.6) is 0 Å². The van der Waals surface area contributed by atoms with Gasteiger partial charge in [0.2, 0.25) is 0 Å². The monoisotopic (exact) mass is 731 g/mol. The maximum Gasteiger partial charge on any atom is 0.0470 e. The van der Waals surface area contributed by atoms with Crippen molar-refractivity contribution in [1.29, 1.82) is 0 Å². The molecule has 0 unspecified atom stereocenters. The summed E-state index contributed by atoms with van der Waals surface area (Å²) in [5, 5.41) is 8.88. The molecule has 1 heteroatoms. The normalized spacial score (nSPS) is 12.8. The zero-order chi connectivity index (χ0) is 38.3. The average Bonchev–Trinajstić information content (AvgIpc) is 3.49. The molecule has 0 saturated heterocycles. The lowest BCUT2D eigenvalue weighted by Gasteiger charge is -2.23. The molecule has 10 rings (SSSR count). The summed E-state index contributed by atoms with van der Waals surface area (Å²) in [7, 11) is 0. The zero-order valence-electron chi connectivity index (χ0n) is 32.5. The summed E-state index contributed by atoms with van der Waals surface area (Å²) < 4.78 is 0. The van der Waals surface area contributed by atoms with Crippen molar-refractivity contribution in [2.45, 2.75) is 38.0 Å². The summed E-state index contributed by atoms with van der Waals surface area (Å²) in [4.78, 5) is 0. The number of rotatable bonds is 9. The molecule has 0 radical (unpaired) electrons. The van der Waals surface area contributed by atoms with Crippen molar-refractivity contribution in [2.75, 3.05) is 5.32 Å². The Labute approximate surface area is 336 Å². The van der Waals surface area contributed by atoms with Gasteiger partial charge in [-0.05, 0) is 108 Å². The number of aryl methyl sites for hydroxylation is 1. The Bertz CT molecular complexity index is 2790. The van der Waals surface area contributed by atoms with E-state index in [1.165, 1.54) is 82.7 Å². The average molecular weight is 732 g/mol. The third-order valence-electron chi connectivity index (χ3n) is 12.3. The van der Waals surface area contributed by atoms with Crippen molar-refractivity contribution in [2.24, 2.45) is 0 Å². The molecule has 1 nitrogen and oxygen atoms in total. The molecule has 0 aliphatic heterocycles. The molecule has 1 N–H and O–H groups in total. The van der Waals surface area contributed by atoms with E-state index in [0.29, 0.717) is 0 Å². The number of anilines is 2. The molecule has 0 bridgehead atoms. The van der Waals surface area contributed by atoms with Gasteiger partial charge in [0.05, 0.1) is 0 Å². The lowest BCUT2D eigenvalue weighted by Crippen LogP contribution is -2.15. The Morgan fingerprint density at radius 3 is 1.58 bits per heavy atom. The predicted molar refractivity (Wildman–Crippen MR) is 243 cm³/mol. The van der Waals surface area contributed by atoms with E-state index in [2.05, 4.69) is 219 Å². The quantitative estimate of drug-likeness (QED) is 0.146. The van der Waals surface area contributed by atoms with Gasteiger partial charge in [0.15, 0.2) is 0 Å². The number of benzene rings is 9. The first kappa shape index (κ1) is 34.8. The van der Waals surface area contributed by atoms with Crippen LogP contribution in [0.1, 0.15) is 54.0 Å². The highest BCUT2D eigenvalue weighted by Crippen LogP contribution is 2.50. The van der Waals surface area contributed by atoms with Crippen molar-refractivity contribution in [3.05, 3.63) is 228 Å². The maximum atomic E-state index is 3.83. The van der Waals surface area contributed by atoms with Gasteiger partial charge in [-0.2, -0.15) is 0 Å². The second kappa shape index (κ2) is 14.4. The van der Waals surface area contributed by atoms with Crippen molar-refractivity contribution in [3.63, 3.8) is 0 Å². The number of hydrogen-bond acceptors (Lipinski definition) is 1. The van der Waals surface area contributed by atoms with E-state index < -0.39 is 0 Å². The third-order valence-corrected chi connectivity index (χ3v) is 12.3. The Morgan fingerprint density at radius 1 is 0.439 bits per heavy atom. The fourth-order valence-corrected chi connectivity index (χ4v) is 9.24. The minimum Gasteiger partial charge on any atom is -0.355 e. The summed E-state index contributed by atoms with van der Waals surface area (Å²) >= 11 is 0. The van der Waals surface area contributed by atoms with Gasteiger partial charge in [0, 0.05) is 28.1 Å². The molecule has 9 aromatic rings. The number of nitrogens with one attached hydrogen (secondary N) is 1. The van der Waals surface area contributed by atoms with Crippen molar-refractivity contribution in [1.82, 2.24) is 0 Å². The smallest absolute Gasteiger partial charge is 0.0470 e. The van der Waals surface area contributed by atoms with Crippen LogP contribution >= 0.6 is 0 Å². The van der Waals surface area contributed by atoms with Gasteiger partial charge < -0.3 is 5.32 Å². The Kier molecular flexibility index (Phi) is 8.80. The molecular formula is C56H45N. The van der Waals surface area contributed by atoms with Crippen molar-refractivity contribution >= 4 is 32.9 Å². The van der Waals surface area contributed by atoms with Crippen LogP contribution in [0.15, 0.2) is 200 Å². The highest BCUT2D eigenvalue weighted by molar-refractivity contribution is 6.13. The lowest BCUT2D eigenvalue weighted by molar-refractivity contribution is 0.657. The van der Waals surface area contributed by atoms with Gasteiger partial charge in [-0.25, -0.2) is 0 Å². The minimum absolute atomic E-state index is 0.121. The molecule has 0 spiro atoms. The van der Waals surface area contributed by atoms with Gasteiger partial charge in [-0.15, -0.1) is 0 Å². The molecule has 0 atom stereocenters. The van der Waals surface area contributed by atoms with E-state index in [9.17, 15) is 0 Å². The summed E-state index contributed by atoms with van der Waals surface area (Å²) in [6.45, 7) is 4.78. The van der Waals surface area contributed by atoms with Crippen LogP contribution in [0.4, 0.5) is 11.4 Å². The molecule has 1 aliphatic carbocycles. The SMILES string of the molecule is CC1(C)c2cc(CCC(c3ccc(-c4ccccc4)cc3)c3ccc(-c4ccccc4)cc3)ccc2-c2ccc(Nc3cc4ccccc4c4ccccc34)cc21. The Morgan fingerprint density at radius 2 is 0.947 bits per heavy atom. The molecule has 57 heavy (non-hydrogen) atoms. The molecular weight excluding hydrogens is 687 g/mol. The van der Waals surface area contributed by atoms with E-state index in [1.807, 2.05) is 0 Å². The topological polar surface area (TPSA) is 12.0 Å². The van der Waals surface area contributed by atoms with Crippen molar-refractivity contribution in [3.8, 4) is 33.4 Å². The van der Waals surface area contributed by atoms with Crippen LogP contribution in [0, 0.1) is 0 Å². The zero-order valence-corrected chi connectivity index (χ0v) is 32.5. The van der Waals surface area contributed by atoms with Crippen LogP contribution in [0.2, 0.25) is 0 Å². The van der Waals surface area contributed by atoms with Crippen LogP contribution in [0.25, 0.3) is 54.9 Å². The first-order valence-corrected chi connectivity index (χ1v) is 20.3. The largest absolute Gasteiger partial charge is 0.355 e. The molecule has 0 saturated carbocycles. The van der Waals surface area contributed by atoms with Gasteiger partial charge in [0.25, 0.3) is 0 Å². The second-order valence-corrected chi connectivity index (χ2v) is 16.1. The van der Waals surface area contributed by atoms with Gasteiger partial charge in [-0.3, -0.25) is 0 Å². The van der Waals surface area contributed by atoms with E-state index in [4.69, 9.17) is 0 Å². The summed E-state index contributed by atoms with van der Waals surface area (Å²) in [6.07, 6.45) is 2.02. The van der Waals surface area contributed by atoms with E-state index in [-0.39, 0.29) is 11.3 Å². The Balaban J connectivity index is 0.934. The molecule has 0 fully saturated rings. The second-order valence-electron chi connectivity index (χ2n) is 16.1. The van der Waals surface area contributed by atoms with Crippen LogP contribution in [-0.2, 0) is 11.8 Å². The maximum absolute atomic E-state index is 3.83. The third kappa shape index (κ3) is 6.50. The van der Waals surface area contributed by atoms with Crippen LogP contribution in [-0.4, -0.2) is 0 Å². The summed E-state index contributed by atoms with van der Waals surface area (Å²) in [5.41, 5.74) is 16.7.